The van der Waals surface area contributed by atoms with E-state index in [2.05, 4.69) is 0 Å². The van der Waals surface area contributed by atoms with Crippen LogP contribution in [0.25, 0.3) is 0 Å². The Balaban J connectivity index is 1.87. The lowest BCUT2D eigenvalue weighted by atomic mass is 10.1. The van der Waals surface area contributed by atoms with Gasteiger partial charge in [0.2, 0.25) is 0 Å². The van der Waals surface area contributed by atoms with Gasteiger partial charge in [0.1, 0.15) is 24.2 Å². The second kappa shape index (κ2) is 8.58. The number of carboxylic acids is 1. The molecule has 1 unspecified atom stereocenters. The molecular weight excluding hydrogens is 386 g/mol. The molecule has 3 rings (SSSR count). The number of nitrogens with zero attached hydrogens (tertiary/aromatic N) is 1. The third-order valence-electron chi connectivity index (χ3n) is 3.71. The van der Waals surface area contributed by atoms with Crippen LogP contribution in [-0.2, 0) is 11.4 Å². The van der Waals surface area contributed by atoms with Crippen molar-refractivity contribution in [3.8, 4) is 17.6 Å². The van der Waals surface area contributed by atoms with Crippen molar-refractivity contribution in [1.29, 1.82) is 5.26 Å². The molecule has 0 aliphatic carbocycles. The van der Waals surface area contributed by atoms with Gasteiger partial charge >= 0.3 is 0 Å². The van der Waals surface area contributed by atoms with E-state index in [1.807, 2.05) is 22.9 Å². The molecular formula is C20H13ClNO4S-. The molecule has 0 spiro atoms. The van der Waals surface area contributed by atoms with Gasteiger partial charge < -0.3 is 19.4 Å². The number of hydrogen-bond donors (Lipinski definition) is 0. The molecule has 0 fully saturated rings. The van der Waals surface area contributed by atoms with Crippen LogP contribution in [-0.4, -0.2) is 5.97 Å². The highest BCUT2D eigenvalue weighted by molar-refractivity contribution is 7.07. The summed E-state index contributed by atoms with van der Waals surface area (Å²) in [6, 6.07) is 15.0. The largest absolute Gasteiger partial charge is 0.546 e. The Kier molecular flexibility index (Phi) is 5.97. The quantitative estimate of drug-likeness (QED) is 0.605. The smallest absolute Gasteiger partial charge is 0.165 e. The van der Waals surface area contributed by atoms with Crippen molar-refractivity contribution < 1.29 is 19.4 Å². The molecule has 1 atom stereocenters. The van der Waals surface area contributed by atoms with Crippen molar-refractivity contribution >= 4 is 28.9 Å². The van der Waals surface area contributed by atoms with Crippen LogP contribution in [0.2, 0.25) is 5.02 Å². The minimum Gasteiger partial charge on any atom is -0.546 e. The number of ether oxygens (including phenoxy) is 2. The van der Waals surface area contributed by atoms with Gasteiger partial charge in [0.05, 0.1) is 11.5 Å². The zero-order chi connectivity index (χ0) is 19.2. The molecule has 0 saturated carbocycles. The summed E-state index contributed by atoms with van der Waals surface area (Å²) in [7, 11) is 0. The topological polar surface area (TPSA) is 82.4 Å². The highest BCUT2D eigenvalue weighted by atomic mass is 35.5. The molecule has 136 valence electrons. The van der Waals surface area contributed by atoms with Gasteiger partial charge in [-0.2, -0.15) is 16.6 Å². The third kappa shape index (κ3) is 4.59. The predicted octanol–water partition coefficient (Wildman–Crippen LogP) is 3.72. The van der Waals surface area contributed by atoms with E-state index in [0.717, 1.165) is 5.56 Å². The van der Waals surface area contributed by atoms with Crippen molar-refractivity contribution in [1.82, 2.24) is 0 Å². The molecule has 1 aromatic heterocycles. The first-order valence-electron chi connectivity index (χ1n) is 7.88. The van der Waals surface area contributed by atoms with Crippen LogP contribution in [0.4, 0.5) is 0 Å². The Morgan fingerprint density at radius 1 is 1.26 bits per heavy atom. The Morgan fingerprint density at radius 3 is 2.74 bits per heavy atom. The number of hydrogen-bond acceptors (Lipinski definition) is 6. The summed E-state index contributed by atoms with van der Waals surface area (Å²) in [5.74, 6) is -0.933. The average Bonchev–Trinajstić information content (AvgIpc) is 3.18. The second-order valence-electron chi connectivity index (χ2n) is 5.53. The number of benzene rings is 2. The van der Waals surface area contributed by atoms with E-state index in [-0.39, 0.29) is 21.9 Å². The van der Waals surface area contributed by atoms with E-state index < -0.39 is 12.1 Å². The molecule has 0 bridgehead atoms. The first kappa shape index (κ1) is 18.8. The lowest BCUT2D eigenvalue weighted by Gasteiger charge is -2.22. The summed E-state index contributed by atoms with van der Waals surface area (Å²) < 4.78 is 11.3. The normalized spacial score (nSPS) is 11.4. The number of carboxylic acid groups (broad SMARTS) is 1. The number of halogens is 1. The molecule has 5 nitrogen and oxygen atoms in total. The summed E-state index contributed by atoms with van der Waals surface area (Å²) in [5, 5.41) is 25.1. The maximum absolute atomic E-state index is 11.6. The summed E-state index contributed by atoms with van der Waals surface area (Å²) in [6.45, 7) is 0.350. The van der Waals surface area contributed by atoms with Crippen molar-refractivity contribution in [2.24, 2.45) is 0 Å². The molecule has 0 radical (unpaired) electrons. The highest BCUT2D eigenvalue weighted by Gasteiger charge is 2.20. The van der Waals surface area contributed by atoms with Gasteiger partial charge in [-0.05, 0) is 40.6 Å². The second-order valence-corrected chi connectivity index (χ2v) is 6.72. The number of rotatable bonds is 7. The minimum atomic E-state index is -1.46. The van der Waals surface area contributed by atoms with Gasteiger partial charge in [-0.15, -0.1) is 0 Å². The lowest BCUT2D eigenvalue weighted by Crippen LogP contribution is -2.33. The maximum atomic E-state index is 11.6. The van der Waals surface area contributed by atoms with Gasteiger partial charge in [0.15, 0.2) is 6.10 Å². The van der Waals surface area contributed by atoms with Crippen LogP contribution in [0.3, 0.4) is 0 Å². The van der Waals surface area contributed by atoms with Crippen LogP contribution >= 0.6 is 22.9 Å². The Bertz CT molecular complexity index is 982. The lowest BCUT2D eigenvalue weighted by molar-refractivity contribution is -0.314. The molecule has 0 aliphatic heterocycles. The molecule has 2 aromatic carbocycles. The fourth-order valence-corrected chi connectivity index (χ4v) is 3.27. The first-order valence-corrected chi connectivity index (χ1v) is 9.20. The number of nitriles is 1. The van der Waals surface area contributed by atoms with Gasteiger partial charge in [-0.1, -0.05) is 29.8 Å². The van der Waals surface area contributed by atoms with Gasteiger partial charge in [0, 0.05) is 16.7 Å². The van der Waals surface area contributed by atoms with Gasteiger partial charge in [-0.25, -0.2) is 0 Å². The summed E-state index contributed by atoms with van der Waals surface area (Å²) in [5.41, 5.74) is 1.43. The van der Waals surface area contributed by atoms with Crippen molar-refractivity contribution in [2.45, 2.75) is 12.7 Å². The van der Waals surface area contributed by atoms with Crippen LogP contribution < -0.4 is 14.6 Å². The SMILES string of the molecule is N#Cc1ccc(OCc2ccsc2)cc1OC(C(=O)[O-])c1ccccc1Cl. The summed E-state index contributed by atoms with van der Waals surface area (Å²) >= 11 is 7.64. The number of carbonyl (C=O) groups is 1. The number of carbonyl (C=O) groups excluding carboxylic acids is 1. The van der Waals surface area contributed by atoms with Crippen molar-refractivity contribution in [3.05, 3.63) is 81.0 Å². The minimum absolute atomic E-state index is 0.0782. The molecule has 7 heteroatoms. The van der Waals surface area contributed by atoms with E-state index in [4.69, 9.17) is 21.1 Å². The summed E-state index contributed by atoms with van der Waals surface area (Å²) in [4.78, 5) is 11.6. The Labute approximate surface area is 165 Å². The predicted molar refractivity (Wildman–Crippen MR) is 99.6 cm³/mol. The van der Waals surface area contributed by atoms with Crippen LogP contribution in [0.1, 0.15) is 22.8 Å². The van der Waals surface area contributed by atoms with Crippen LogP contribution in [0, 0.1) is 11.3 Å². The van der Waals surface area contributed by atoms with Crippen molar-refractivity contribution in [2.75, 3.05) is 0 Å². The number of thiophene rings is 1. The summed E-state index contributed by atoms with van der Waals surface area (Å²) in [6.07, 6.45) is -1.46. The maximum Gasteiger partial charge on any atom is 0.165 e. The molecule has 0 aliphatic rings. The van der Waals surface area contributed by atoms with E-state index in [0.29, 0.717) is 12.4 Å². The molecule has 0 saturated heterocycles. The first-order chi connectivity index (χ1) is 13.1. The zero-order valence-corrected chi connectivity index (χ0v) is 15.5. The van der Waals surface area contributed by atoms with Crippen LogP contribution in [0.5, 0.6) is 11.5 Å². The molecule has 0 amide bonds. The average molecular weight is 399 g/mol. The third-order valence-corrected chi connectivity index (χ3v) is 4.78. The number of aliphatic carboxylic acids is 1. The van der Waals surface area contributed by atoms with E-state index >= 15 is 0 Å². The standard InChI is InChI=1S/C20H14ClNO4S/c21-17-4-2-1-3-16(17)19(20(23)24)26-18-9-15(6-5-14(18)10-22)25-11-13-7-8-27-12-13/h1-9,12,19H,11H2,(H,23,24)/p-1. The highest BCUT2D eigenvalue weighted by Crippen LogP contribution is 2.32. The molecule has 27 heavy (non-hydrogen) atoms. The van der Waals surface area contributed by atoms with Crippen molar-refractivity contribution in [3.63, 3.8) is 0 Å². The van der Waals surface area contributed by atoms with E-state index in [9.17, 15) is 15.2 Å². The fraction of sp³-hybridized carbons (Fsp3) is 0.100. The van der Waals surface area contributed by atoms with Gasteiger partial charge in [0.25, 0.3) is 0 Å². The monoisotopic (exact) mass is 398 g/mol. The Hall–Kier alpha value is -3.01. The fourth-order valence-electron chi connectivity index (χ4n) is 2.38. The van der Waals surface area contributed by atoms with Crippen LogP contribution in [0.15, 0.2) is 59.3 Å². The van der Waals surface area contributed by atoms with Gasteiger partial charge in [-0.3, -0.25) is 0 Å². The zero-order valence-electron chi connectivity index (χ0n) is 13.9. The Morgan fingerprint density at radius 2 is 2.07 bits per heavy atom. The molecule has 0 N–H and O–H groups in total. The molecule has 1 heterocycles. The van der Waals surface area contributed by atoms with E-state index in [1.165, 1.54) is 18.2 Å². The molecule has 3 aromatic rings. The van der Waals surface area contributed by atoms with E-state index in [1.54, 1.807) is 35.6 Å².